The number of carbonyl (C=O) groups excluding carboxylic acids is 2. The molecule has 1 aromatic heterocycles. The molecule has 2 aromatic carbocycles. The second-order valence-corrected chi connectivity index (χ2v) is 8.05. The molecule has 1 heterocycles. The van der Waals surface area contributed by atoms with E-state index >= 15 is 0 Å². The molecule has 6 nitrogen and oxygen atoms in total. The molecule has 0 saturated carbocycles. The van der Waals surface area contributed by atoms with Crippen molar-refractivity contribution in [3.05, 3.63) is 78.1 Å². The lowest BCUT2D eigenvalue weighted by atomic mass is 10.0. The minimum atomic E-state index is -0.704. The van der Waals surface area contributed by atoms with Gasteiger partial charge in [-0.05, 0) is 69.2 Å². The number of nitrogens with two attached hydrogens (primary N) is 1. The van der Waals surface area contributed by atoms with Crippen LogP contribution in [0.5, 0.6) is 0 Å². The molecule has 3 rings (SSSR count). The maximum Gasteiger partial charge on any atom is 0.338 e. The third kappa shape index (κ3) is 5.81. The van der Waals surface area contributed by atoms with Crippen molar-refractivity contribution in [2.45, 2.75) is 38.8 Å². The molecular weight excluding hydrogens is 380 g/mol. The van der Waals surface area contributed by atoms with Crippen LogP contribution in [0.4, 0.5) is 5.69 Å². The van der Waals surface area contributed by atoms with Crippen molar-refractivity contribution in [1.82, 2.24) is 0 Å². The Balaban J connectivity index is 1.55. The maximum absolute atomic E-state index is 12.4. The summed E-state index contributed by atoms with van der Waals surface area (Å²) in [6.45, 7) is 5.43. The van der Waals surface area contributed by atoms with E-state index in [2.05, 4.69) is 5.32 Å². The molecule has 1 atom stereocenters. The molecule has 0 radical (unpaired) electrons. The van der Waals surface area contributed by atoms with Gasteiger partial charge in [-0.15, -0.1) is 0 Å². The van der Waals surface area contributed by atoms with Gasteiger partial charge in [0.25, 0.3) is 0 Å². The summed E-state index contributed by atoms with van der Waals surface area (Å²) in [6.07, 6.45) is 2.03. The first kappa shape index (κ1) is 21.3. The Hall–Kier alpha value is -3.38. The molecule has 0 saturated heterocycles. The zero-order valence-electron chi connectivity index (χ0n) is 17.3. The number of esters is 1. The van der Waals surface area contributed by atoms with Crippen LogP contribution >= 0.6 is 0 Å². The molecule has 0 aliphatic heterocycles. The van der Waals surface area contributed by atoms with E-state index in [1.54, 1.807) is 30.5 Å². The van der Waals surface area contributed by atoms with Gasteiger partial charge < -0.3 is 20.2 Å². The lowest BCUT2D eigenvalue weighted by molar-refractivity contribution is -0.117. The molecule has 0 aliphatic carbocycles. The Kier molecular flexibility index (Phi) is 6.37. The van der Waals surface area contributed by atoms with Crippen LogP contribution < -0.4 is 11.1 Å². The van der Waals surface area contributed by atoms with Crippen molar-refractivity contribution < 1.29 is 18.7 Å². The van der Waals surface area contributed by atoms with Crippen LogP contribution in [0.3, 0.4) is 0 Å². The number of hydrogen-bond donors (Lipinski definition) is 2. The Labute approximate surface area is 176 Å². The summed E-state index contributed by atoms with van der Waals surface area (Å²) in [7, 11) is 0. The van der Waals surface area contributed by atoms with Crippen molar-refractivity contribution in [2.24, 2.45) is 5.73 Å². The van der Waals surface area contributed by atoms with Gasteiger partial charge in [-0.1, -0.05) is 24.3 Å². The maximum atomic E-state index is 12.4. The van der Waals surface area contributed by atoms with Gasteiger partial charge in [-0.3, -0.25) is 4.79 Å². The normalized spacial score (nSPS) is 12.3. The molecule has 0 fully saturated rings. The SMILES string of the molecule is CC(C)(C)OC(=O)c1ccc(NC(=O)C(N)Cc2ccc(-c3ccco3)cc2)cc1. The van der Waals surface area contributed by atoms with E-state index in [1.165, 1.54) is 0 Å². The van der Waals surface area contributed by atoms with Gasteiger partial charge in [-0.25, -0.2) is 4.79 Å². The molecule has 156 valence electrons. The quantitative estimate of drug-likeness (QED) is 0.591. The molecular formula is C24H26N2O4. The Morgan fingerprint density at radius 2 is 1.70 bits per heavy atom. The number of furan rings is 1. The fraction of sp³-hybridized carbons (Fsp3) is 0.250. The highest BCUT2D eigenvalue weighted by atomic mass is 16.6. The van der Waals surface area contributed by atoms with E-state index in [1.807, 2.05) is 57.2 Å². The zero-order chi connectivity index (χ0) is 21.7. The van der Waals surface area contributed by atoms with Crippen LogP contribution in [0.25, 0.3) is 11.3 Å². The van der Waals surface area contributed by atoms with Crippen molar-refractivity contribution in [2.75, 3.05) is 5.32 Å². The first-order valence-electron chi connectivity index (χ1n) is 9.74. The van der Waals surface area contributed by atoms with E-state index < -0.39 is 17.6 Å². The number of ether oxygens (including phenoxy) is 1. The monoisotopic (exact) mass is 406 g/mol. The van der Waals surface area contributed by atoms with Crippen molar-refractivity contribution in [1.29, 1.82) is 0 Å². The Bertz CT molecular complexity index is 985. The minimum Gasteiger partial charge on any atom is -0.464 e. The number of nitrogens with one attached hydrogen (secondary N) is 1. The van der Waals surface area contributed by atoms with Crippen molar-refractivity contribution >= 4 is 17.6 Å². The largest absolute Gasteiger partial charge is 0.464 e. The van der Waals surface area contributed by atoms with Gasteiger partial charge in [-0.2, -0.15) is 0 Å². The number of rotatable bonds is 6. The zero-order valence-corrected chi connectivity index (χ0v) is 17.3. The van der Waals surface area contributed by atoms with Gasteiger partial charge in [0.05, 0.1) is 17.9 Å². The summed E-state index contributed by atoms with van der Waals surface area (Å²) in [5.41, 5.74) is 8.41. The number of carbonyl (C=O) groups is 2. The molecule has 0 bridgehead atoms. The molecule has 3 N–H and O–H groups in total. The highest BCUT2D eigenvalue weighted by Gasteiger charge is 2.18. The van der Waals surface area contributed by atoms with E-state index in [0.717, 1.165) is 16.9 Å². The summed E-state index contributed by atoms with van der Waals surface area (Å²) < 4.78 is 10.7. The molecule has 6 heteroatoms. The summed E-state index contributed by atoms with van der Waals surface area (Å²) in [5.74, 6) is 0.0867. The number of amides is 1. The van der Waals surface area contributed by atoms with Crippen LogP contribution in [0, 0.1) is 0 Å². The van der Waals surface area contributed by atoms with Crippen LogP contribution in [-0.2, 0) is 16.0 Å². The van der Waals surface area contributed by atoms with Gasteiger partial charge >= 0.3 is 5.97 Å². The lowest BCUT2D eigenvalue weighted by Gasteiger charge is -2.19. The Morgan fingerprint density at radius 1 is 1.03 bits per heavy atom. The number of anilines is 1. The highest BCUT2D eigenvalue weighted by molar-refractivity contribution is 5.96. The fourth-order valence-electron chi connectivity index (χ4n) is 2.86. The smallest absolute Gasteiger partial charge is 0.338 e. The van der Waals surface area contributed by atoms with Crippen molar-refractivity contribution in [3.8, 4) is 11.3 Å². The van der Waals surface area contributed by atoms with E-state index in [-0.39, 0.29) is 5.91 Å². The summed E-state index contributed by atoms with van der Waals surface area (Å²) in [4.78, 5) is 24.5. The second kappa shape index (κ2) is 8.97. The summed E-state index contributed by atoms with van der Waals surface area (Å²) in [6, 6.07) is 17.3. The van der Waals surface area contributed by atoms with Gasteiger partial charge in [0.1, 0.15) is 11.4 Å². The minimum absolute atomic E-state index is 0.296. The predicted octanol–water partition coefficient (Wildman–Crippen LogP) is 4.41. The second-order valence-electron chi connectivity index (χ2n) is 8.05. The lowest BCUT2D eigenvalue weighted by Crippen LogP contribution is -2.37. The topological polar surface area (TPSA) is 94.6 Å². The fourth-order valence-corrected chi connectivity index (χ4v) is 2.86. The summed E-state index contributed by atoms with van der Waals surface area (Å²) >= 11 is 0. The van der Waals surface area contributed by atoms with E-state index in [0.29, 0.717) is 17.7 Å². The molecule has 1 unspecified atom stereocenters. The van der Waals surface area contributed by atoms with Gasteiger partial charge in [0, 0.05) is 11.3 Å². The van der Waals surface area contributed by atoms with Crippen LogP contribution in [0.15, 0.2) is 71.3 Å². The molecule has 0 spiro atoms. The van der Waals surface area contributed by atoms with E-state index in [4.69, 9.17) is 14.9 Å². The first-order valence-corrected chi connectivity index (χ1v) is 9.74. The number of benzene rings is 2. The first-order chi connectivity index (χ1) is 14.2. The van der Waals surface area contributed by atoms with Crippen LogP contribution in [0.1, 0.15) is 36.7 Å². The average molecular weight is 406 g/mol. The molecule has 3 aromatic rings. The van der Waals surface area contributed by atoms with Gasteiger partial charge in [0.15, 0.2) is 0 Å². The highest BCUT2D eigenvalue weighted by Crippen LogP contribution is 2.20. The standard InChI is InChI=1S/C24H26N2O4/c1-24(2,3)30-23(28)18-10-12-19(13-11-18)26-22(27)20(25)15-16-6-8-17(9-7-16)21-5-4-14-29-21/h4-14,20H,15,25H2,1-3H3,(H,26,27). The third-order valence-corrected chi connectivity index (χ3v) is 4.34. The van der Waals surface area contributed by atoms with E-state index in [9.17, 15) is 9.59 Å². The van der Waals surface area contributed by atoms with Gasteiger partial charge in [0.2, 0.25) is 5.91 Å². The number of hydrogen-bond acceptors (Lipinski definition) is 5. The third-order valence-electron chi connectivity index (χ3n) is 4.34. The van der Waals surface area contributed by atoms with Crippen LogP contribution in [-0.4, -0.2) is 23.5 Å². The summed E-state index contributed by atoms with van der Waals surface area (Å²) in [5, 5.41) is 2.78. The average Bonchev–Trinajstić information content (AvgIpc) is 3.22. The molecule has 1 amide bonds. The molecule has 0 aliphatic rings. The van der Waals surface area contributed by atoms with Crippen LogP contribution in [0.2, 0.25) is 0 Å². The molecule has 30 heavy (non-hydrogen) atoms. The predicted molar refractivity (Wildman–Crippen MR) is 116 cm³/mol. The Morgan fingerprint density at radius 3 is 2.27 bits per heavy atom. The van der Waals surface area contributed by atoms with Crippen molar-refractivity contribution in [3.63, 3.8) is 0 Å².